The van der Waals surface area contributed by atoms with Gasteiger partial charge in [0, 0.05) is 37.8 Å². The van der Waals surface area contributed by atoms with E-state index in [1.165, 1.54) is 11.5 Å². The number of nitrogens with one attached hydrogen (secondary N) is 2. The van der Waals surface area contributed by atoms with Gasteiger partial charge in [0.05, 0.1) is 0 Å². The number of nitrogens with zero attached hydrogens (tertiary/aromatic N) is 2. The third-order valence-corrected chi connectivity index (χ3v) is 3.31. The Bertz CT molecular complexity index is 585. The summed E-state index contributed by atoms with van der Waals surface area (Å²) in [6.07, 6.45) is 0. The minimum atomic E-state index is -0.0925. The highest BCUT2D eigenvalue weighted by Crippen LogP contribution is 2.13. The second-order valence-electron chi connectivity index (χ2n) is 4.08. The van der Waals surface area contributed by atoms with E-state index in [0.29, 0.717) is 24.5 Å². The van der Waals surface area contributed by atoms with Gasteiger partial charge in [-0.2, -0.15) is 4.37 Å². The highest BCUT2D eigenvalue weighted by molar-refractivity contribution is 7.09. The number of rotatable bonds is 6. The van der Waals surface area contributed by atoms with E-state index < -0.39 is 0 Å². The van der Waals surface area contributed by atoms with E-state index in [2.05, 4.69) is 20.0 Å². The van der Waals surface area contributed by atoms with Crippen LogP contribution in [-0.2, 0) is 17.9 Å². The Morgan fingerprint density at radius 2 is 2.30 bits per heavy atom. The third-order valence-electron chi connectivity index (χ3n) is 2.60. The minimum absolute atomic E-state index is 0.0925. The quantitative estimate of drug-likeness (QED) is 0.846. The molecule has 0 fully saturated rings. The molecular weight excluding hydrogens is 276 g/mol. The Balaban J connectivity index is 1.97. The smallest absolute Gasteiger partial charge is 0.251 e. The number of carbonyl (C=O) groups excluding carboxylic acids is 1. The van der Waals surface area contributed by atoms with E-state index in [-0.39, 0.29) is 5.91 Å². The van der Waals surface area contributed by atoms with Crippen molar-refractivity contribution in [2.24, 2.45) is 0 Å². The number of amides is 1. The van der Waals surface area contributed by atoms with Gasteiger partial charge in [0.1, 0.15) is 6.61 Å². The number of carbonyl (C=O) groups is 1. The Morgan fingerprint density at radius 3 is 3.05 bits per heavy atom. The average Bonchev–Trinajstić information content (AvgIpc) is 2.93. The van der Waals surface area contributed by atoms with Gasteiger partial charge in [-0.25, -0.2) is 4.98 Å². The maximum atomic E-state index is 11.5. The summed E-state index contributed by atoms with van der Waals surface area (Å²) in [7, 11) is 3.23. The summed E-state index contributed by atoms with van der Waals surface area (Å²) < 4.78 is 9.12. The zero-order chi connectivity index (χ0) is 14.4. The maximum absolute atomic E-state index is 11.5. The Labute approximate surface area is 121 Å². The molecule has 1 aromatic carbocycles. The van der Waals surface area contributed by atoms with Crippen LogP contribution in [0.1, 0.15) is 21.7 Å². The van der Waals surface area contributed by atoms with Crippen LogP contribution in [0.2, 0.25) is 0 Å². The molecule has 0 radical (unpaired) electrons. The van der Waals surface area contributed by atoms with E-state index in [1.54, 1.807) is 20.2 Å². The fourth-order valence-corrected chi connectivity index (χ4v) is 2.23. The molecule has 0 unspecified atom stereocenters. The molecule has 20 heavy (non-hydrogen) atoms. The molecule has 106 valence electrons. The van der Waals surface area contributed by atoms with Crippen LogP contribution in [0, 0.1) is 0 Å². The molecule has 1 aromatic heterocycles. The number of methoxy groups -OCH3 is 1. The molecule has 0 saturated carbocycles. The van der Waals surface area contributed by atoms with E-state index >= 15 is 0 Å². The van der Waals surface area contributed by atoms with Gasteiger partial charge in [-0.1, -0.05) is 12.1 Å². The van der Waals surface area contributed by atoms with Crippen LogP contribution in [-0.4, -0.2) is 29.4 Å². The Kier molecular flexibility index (Phi) is 5.03. The van der Waals surface area contributed by atoms with Crippen LogP contribution < -0.4 is 10.6 Å². The predicted molar refractivity (Wildman–Crippen MR) is 77.8 cm³/mol. The van der Waals surface area contributed by atoms with Crippen LogP contribution >= 0.6 is 11.5 Å². The molecule has 6 nitrogen and oxygen atoms in total. The molecule has 1 heterocycles. The number of anilines is 1. The van der Waals surface area contributed by atoms with Crippen molar-refractivity contribution in [2.45, 2.75) is 13.2 Å². The first-order chi connectivity index (χ1) is 9.72. The van der Waals surface area contributed by atoms with Gasteiger partial charge in [0.15, 0.2) is 5.82 Å². The normalized spacial score (nSPS) is 10.3. The standard InChI is InChI=1S/C13H16N4O2S/c1-14-12(18)10-5-3-4-9(6-10)7-15-13-16-11(8-19-2)17-20-13/h3-6H,7-8H2,1-2H3,(H,14,18)(H,15,16,17). The number of ether oxygens (including phenoxy) is 1. The Hall–Kier alpha value is -1.99. The molecule has 0 atom stereocenters. The molecular formula is C13H16N4O2S. The fraction of sp³-hybridized carbons (Fsp3) is 0.308. The van der Waals surface area contributed by atoms with E-state index in [4.69, 9.17) is 4.74 Å². The lowest BCUT2D eigenvalue weighted by atomic mass is 10.1. The average molecular weight is 292 g/mol. The number of hydrogen-bond donors (Lipinski definition) is 2. The first-order valence-electron chi connectivity index (χ1n) is 6.09. The van der Waals surface area contributed by atoms with Crippen molar-refractivity contribution >= 4 is 22.6 Å². The molecule has 2 N–H and O–H groups in total. The first kappa shape index (κ1) is 14.4. The predicted octanol–water partition coefficient (Wildman–Crippen LogP) is 1.66. The van der Waals surface area contributed by atoms with Crippen molar-refractivity contribution in [1.29, 1.82) is 0 Å². The monoisotopic (exact) mass is 292 g/mol. The first-order valence-corrected chi connectivity index (χ1v) is 6.86. The zero-order valence-corrected chi connectivity index (χ0v) is 12.2. The number of benzene rings is 1. The van der Waals surface area contributed by atoms with Crippen molar-refractivity contribution in [1.82, 2.24) is 14.7 Å². The van der Waals surface area contributed by atoms with Crippen molar-refractivity contribution in [3.05, 3.63) is 41.2 Å². The van der Waals surface area contributed by atoms with Gasteiger partial charge in [-0.05, 0) is 17.7 Å². The van der Waals surface area contributed by atoms with Crippen LogP contribution in [0.5, 0.6) is 0 Å². The topological polar surface area (TPSA) is 76.1 Å². The van der Waals surface area contributed by atoms with E-state index in [0.717, 1.165) is 10.7 Å². The molecule has 1 amide bonds. The highest BCUT2D eigenvalue weighted by atomic mass is 32.1. The molecule has 0 aliphatic heterocycles. The largest absolute Gasteiger partial charge is 0.377 e. The summed E-state index contributed by atoms with van der Waals surface area (Å²) in [6, 6.07) is 7.45. The summed E-state index contributed by atoms with van der Waals surface area (Å²) in [5, 5.41) is 6.53. The molecule has 0 spiro atoms. The number of hydrogen-bond acceptors (Lipinski definition) is 6. The second-order valence-corrected chi connectivity index (χ2v) is 4.83. The summed E-state index contributed by atoms with van der Waals surface area (Å²) in [6.45, 7) is 0.997. The van der Waals surface area contributed by atoms with Crippen molar-refractivity contribution < 1.29 is 9.53 Å². The molecule has 0 saturated heterocycles. The molecule has 2 aromatic rings. The molecule has 0 bridgehead atoms. The lowest BCUT2D eigenvalue weighted by molar-refractivity contribution is 0.0963. The van der Waals surface area contributed by atoms with Gasteiger partial charge in [-0.15, -0.1) is 0 Å². The molecule has 7 heteroatoms. The lowest BCUT2D eigenvalue weighted by Crippen LogP contribution is -2.17. The minimum Gasteiger partial charge on any atom is -0.377 e. The van der Waals surface area contributed by atoms with Gasteiger partial charge in [0.25, 0.3) is 5.91 Å². The van der Waals surface area contributed by atoms with Gasteiger partial charge in [0.2, 0.25) is 5.13 Å². The van der Waals surface area contributed by atoms with Crippen molar-refractivity contribution in [3.8, 4) is 0 Å². The van der Waals surface area contributed by atoms with Crippen molar-refractivity contribution in [3.63, 3.8) is 0 Å². The Morgan fingerprint density at radius 1 is 1.45 bits per heavy atom. The van der Waals surface area contributed by atoms with Gasteiger partial charge < -0.3 is 15.4 Å². The van der Waals surface area contributed by atoms with Crippen LogP contribution in [0.25, 0.3) is 0 Å². The fourth-order valence-electron chi connectivity index (χ4n) is 1.66. The summed E-state index contributed by atoms with van der Waals surface area (Å²) in [4.78, 5) is 15.8. The molecule has 0 aliphatic rings. The second kappa shape index (κ2) is 6.97. The molecule has 2 rings (SSSR count). The van der Waals surface area contributed by atoms with E-state index in [9.17, 15) is 4.79 Å². The summed E-state index contributed by atoms with van der Waals surface area (Å²) in [5.41, 5.74) is 1.65. The van der Waals surface area contributed by atoms with Crippen LogP contribution in [0.4, 0.5) is 5.13 Å². The van der Waals surface area contributed by atoms with Gasteiger partial charge >= 0.3 is 0 Å². The SMILES string of the molecule is CNC(=O)c1cccc(CNc2nc(COC)ns2)c1. The lowest BCUT2D eigenvalue weighted by Gasteiger charge is -2.05. The zero-order valence-electron chi connectivity index (χ0n) is 11.3. The van der Waals surface area contributed by atoms with Crippen molar-refractivity contribution in [2.75, 3.05) is 19.5 Å². The van der Waals surface area contributed by atoms with E-state index in [1.807, 2.05) is 18.2 Å². The van der Waals surface area contributed by atoms with Crippen LogP contribution in [0.3, 0.4) is 0 Å². The van der Waals surface area contributed by atoms with Crippen LogP contribution in [0.15, 0.2) is 24.3 Å². The summed E-state index contributed by atoms with van der Waals surface area (Å²) >= 11 is 1.29. The maximum Gasteiger partial charge on any atom is 0.251 e. The summed E-state index contributed by atoms with van der Waals surface area (Å²) in [5.74, 6) is 0.573. The highest BCUT2D eigenvalue weighted by Gasteiger charge is 2.05. The number of aromatic nitrogens is 2. The third kappa shape index (κ3) is 3.75. The molecule has 0 aliphatic carbocycles. The van der Waals surface area contributed by atoms with Gasteiger partial charge in [-0.3, -0.25) is 4.79 Å².